The molecule has 1 aliphatic heterocycles. The van der Waals surface area contributed by atoms with Crippen LogP contribution in [0, 0.1) is 16.7 Å². The number of nitrogens with two attached hydrogens (primary N) is 1. The third-order valence-electron chi connectivity index (χ3n) is 7.99. The fraction of sp³-hybridized carbons (Fsp3) is 0.810. The van der Waals surface area contributed by atoms with Crippen LogP contribution in [0.3, 0.4) is 0 Å². The maximum atomic E-state index is 13.5. The molecule has 0 aromatic rings. The molecule has 0 aromatic carbocycles. The predicted octanol–water partition coefficient (Wildman–Crippen LogP) is 1.05. The van der Waals surface area contributed by atoms with E-state index in [1.807, 2.05) is 13.8 Å². The number of amides is 1. The molecule has 164 valence electrons. The van der Waals surface area contributed by atoms with E-state index in [1.54, 1.807) is 13.8 Å². The number of rotatable bonds is 2. The van der Waals surface area contributed by atoms with Crippen molar-refractivity contribution in [2.75, 3.05) is 0 Å². The molecular weight excluding hydrogens is 378 g/mol. The number of hydrogen-bond donors (Lipinski definition) is 4. The summed E-state index contributed by atoms with van der Waals surface area (Å²) in [6.07, 6.45) is -2.75. The molecule has 3 rings (SSSR count). The quantitative estimate of drug-likeness (QED) is 0.498. The first kappa shape index (κ1) is 22.2. The third-order valence-corrected chi connectivity index (χ3v) is 7.99. The van der Waals surface area contributed by atoms with Crippen molar-refractivity contribution in [3.63, 3.8) is 0 Å². The van der Waals surface area contributed by atoms with Gasteiger partial charge in [0.25, 0.3) is 0 Å². The number of carbonyl (C=O) groups is 2. The van der Waals surface area contributed by atoms with Gasteiger partial charge in [-0.15, -0.1) is 6.58 Å². The summed E-state index contributed by atoms with van der Waals surface area (Å²) in [6.45, 7) is 12.2. The van der Waals surface area contributed by atoms with E-state index in [1.165, 1.54) is 13.0 Å². The number of hydrogen-bond acceptors (Lipinski definition) is 7. The van der Waals surface area contributed by atoms with Crippen molar-refractivity contribution in [1.82, 2.24) is 0 Å². The minimum Gasteiger partial charge on any atom is -0.443 e. The third kappa shape index (κ3) is 2.59. The molecule has 8 atom stereocenters. The first-order valence-corrected chi connectivity index (χ1v) is 10.0. The molecule has 1 amide bonds. The number of fused-ring (bicyclic) bond motifs is 3. The Hall–Kier alpha value is -1.48. The van der Waals surface area contributed by atoms with E-state index in [0.29, 0.717) is 12.8 Å². The summed E-state index contributed by atoms with van der Waals surface area (Å²) in [7, 11) is 0. The Labute approximate surface area is 171 Å². The molecule has 0 aromatic heterocycles. The maximum absolute atomic E-state index is 13.5. The van der Waals surface area contributed by atoms with Gasteiger partial charge in [0, 0.05) is 17.8 Å². The molecule has 8 nitrogen and oxygen atoms in total. The minimum atomic E-state index is -2.22. The van der Waals surface area contributed by atoms with Gasteiger partial charge >= 0.3 is 6.09 Å². The van der Waals surface area contributed by atoms with Crippen LogP contribution in [0.1, 0.15) is 53.9 Å². The van der Waals surface area contributed by atoms with Crippen LogP contribution in [-0.4, -0.2) is 62.3 Å². The first-order chi connectivity index (χ1) is 13.1. The van der Waals surface area contributed by atoms with Crippen LogP contribution in [0.4, 0.5) is 4.79 Å². The van der Waals surface area contributed by atoms with Gasteiger partial charge in [-0.25, -0.2) is 4.79 Å². The number of primary amides is 1. The van der Waals surface area contributed by atoms with E-state index in [2.05, 4.69) is 6.58 Å². The molecule has 0 unspecified atom stereocenters. The fourth-order valence-electron chi connectivity index (χ4n) is 6.54. The van der Waals surface area contributed by atoms with Gasteiger partial charge in [-0.3, -0.25) is 4.79 Å². The standard InChI is InChI=1S/C21H33NO7/c1-7-18(4)10-12(24)21(27)19(5)11(23)8-9-17(2,3)14(19)13(28-16(22)26)15(25)20(21,6)29-18/h7,11,13-15,23,25,27H,1,8-10H2,2-6H3,(H2,22,26)/t11-,13-,14-,15-,18-,19-,20+,21-/m0/s1. The van der Waals surface area contributed by atoms with Crippen LogP contribution in [0.25, 0.3) is 0 Å². The molecule has 29 heavy (non-hydrogen) atoms. The van der Waals surface area contributed by atoms with Gasteiger partial charge in [0.2, 0.25) is 0 Å². The van der Waals surface area contributed by atoms with E-state index in [-0.39, 0.29) is 6.42 Å². The monoisotopic (exact) mass is 411 g/mol. The zero-order valence-corrected chi connectivity index (χ0v) is 17.8. The van der Waals surface area contributed by atoms with E-state index in [0.717, 1.165) is 0 Å². The second kappa shape index (κ2) is 6.26. The highest BCUT2D eigenvalue weighted by Crippen LogP contribution is 2.67. The van der Waals surface area contributed by atoms with Gasteiger partial charge in [0.05, 0.1) is 11.7 Å². The van der Waals surface area contributed by atoms with Crippen LogP contribution in [-0.2, 0) is 14.3 Å². The zero-order valence-electron chi connectivity index (χ0n) is 17.8. The van der Waals surface area contributed by atoms with Crippen LogP contribution in [0.15, 0.2) is 12.7 Å². The SMILES string of the molecule is C=C[C@@]1(C)CC(=O)[C@]2(O)[C@@]3(C)[C@@H](O)CCC(C)(C)[C@@H]3[C@H](OC(N)=O)[C@H](O)[C@@]2(C)O1. The number of Topliss-reactive ketones (excluding diaryl/α,β-unsaturated/α-hetero) is 1. The fourth-order valence-corrected chi connectivity index (χ4v) is 6.54. The van der Waals surface area contributed by atoms with Gasteiger partial charge in [0.1, 0.15) is 17.8 Å². The number of aliphatic hydroxyl groups excluding tert-OH is 2. The molecule has 3 fully saturated rings. The number of ether oxygens (including phenoxy) is 2. The number of ketones is 1. The summed E-state index contributed by atoms with van der Waals surface area (Å²) in [5.74, 6) is -1.30. The van der Waals surface area contributed by atoms with E-state index in [4.69, 9.17) is 15.2 Å². The summed E-state index contributed by atoms with van der Waals surface area (Å²) in [6, 6.07) is 0. The van der Waals surface area contributed by atoms with Crippen LogP contribution < -0.4 is 5.73 Å². The lowest BCUT2D eigenvalue weighted by atomic mass is 9.40. The molecule has 0 radical (unpaired) electrons. The van der Waals surface area contributed by atoms with Crippen molar-refractivity contribution in [2.45, 2.75) is 89.0 Å². The van der Waals surface area contributed by atoms with Gasteiger partial charge in [-0.05, 0) is 32.1 Å². The van der Waals surface area contributed by atoms with Gasteiger partial charge in [-0.2, -0.15) is 0 Å². The molecule has 1 saturated heterocycles. The lowest BCUT2D eigenvalue weighted by Crippen LogP contribution is -2.86. The Morgan fingerprint density at radius 1 is 1.28 bits per heavy atom. The Morgan fingerprint density at radius 3 is 2.38 bits per heavy atom. The first-order valence-electron chi connectivity index (χ1n) is 10.0. The normalized spacial score (nSPS) is 51.5. The van der Waals surface area contributed by atoms with Crippen molar-refractivity contribution >= 4 is 11.9 Å². The van der Waals surface area contributed by atoms with Crippen LogP contribution >= 0.6 is 0 Å². The molecule has 0 bridgehead atoms. The minimum absolute atomic E-state index is 0.161. The van der Waals surface area contributed by atoms with Crippen molar-refractivity contribution < 1.29 is 34.4 Å². The molecule has 1 heterocycles. The Bertz CT molecular complexity index is 753. The van der Waals surface area contributed by atoms with E-state index >= 15 is 0 Å². The highest BCUT2D eigenvalue weighted by molar-refractivity contribution is 5.92. The number of aliphatic hydroxyl groups is 3. The second-order valence-electron chi connectivity index (χ2n) is 10.2. The highest BCUT2D eigenvalue weighted by atomic mass is 16.6. The van der Waals surface area contributed by atoms with Crippen molar-refractivity contribution in [2.24, 2.45) is 22.5 Å². The summed E-state index contributed by atoms with van der Waals surface area (Å²) < 4.78 is 11.5. The largest absolute Gasteiger partial charge is 0.443 e. The number of carbonyl (C=O) groups excluding carboxylic acids is 2. The summed E-state index contributed by atoms with van der Waals surface area (Å²) in [5, 5.41) is 34.5. The molecule has 0 spiro atoms. The molecule has 3 aliphatic rings. The smallest absolute Gasteiger partial charge is 0.404 e. The van der Waals surface area contributed by atoms with Crippen molar-refractivity contribution in [3.8, 4) is 0 Å². The summed E-state index contributed by atoms with van der Waals surface area (Å²) in [4.78, 5) is 25.2. The topological polar surface area (TPSA) is 139 Å². The molecule has 2 saturated carbocycles. The van der Waals surface area contributed by atoms with E-state index < -0.39 is 63.7 Å². The maximum Gasteiger partial charge on any atom is 0.404 e. The lowest BCUT2D eigenvalue weighted by Gasteiger charge is -2.71. The second-order valence-corrected chi connectivity index (χ2v) is 10.2. The van der Waals surface area contributed by atoms with Crippen LogP contribution in [0.2, 0.25) is 0 Å². The highest BCUT2D eigenvalue weighted by Gasteiger charge is 2.81. The van der Waals surface area contributed by atoms with Crippen molar-refractivity contribution in [1.29, 1.82) is 0 Å². The molecule has 8 heteroatoms. The summed E-state index contributed by atoms with van der Waals surface area (Å²) in [5.41, 5.74) is -1.97. The van der Waals surface area contributed by atoms with Gasteiger partial charge in [-0.1, -0.05) is 26.8 Å². The van der Waals surface area contributed by atoms with Crippen molar-refractivity contribution in [3.05, 3.63) is 12.7 Å². The Kier molecular flexibility index (Phi) is 4.80. The molecule has 2 aliphatic carbocycles. The van der Waals surface area contributed by atoms with Crippen LogP contribution in [0.5, 0.6) is 0 Å². The van der Waals surface area contributed by atoms with Gasteiger partial charge < -0.3 is 30.5 Å². The Balaban J connectivity index is 2.32. The Morgan fingerprint density at radius 2 is 1.86 bits per heavy atom. The van der Waals surface area contributed by atoms with E-state index in [9.17, 15) is 24.9 Å². The average Bonchev–Trinajstić information content (AvgIpc) is 2.60. The molecular formula is C21H33NO7. The predicted molar refractivity (Wildman–Crippen MR) is 104 cm³/mol. The average molecular weight is 411 g/mol. The van der Waals surface area contributed by atoms with Gasteiger partial charge in [0.15, 0.2) is 11.4 Å². The lowest BCUT2D eigenvalue weighted by molar-refractivity contribution is -0.369. The summed E-state index contributed by atoms with van der Waals surface area (Å²) >= 11 is 0. The zero-order chi connectivity index (χ0) is 22.2. The molecule has 5 N–H and O–H groups in total.